The summed E-state index contributed by atoms with van der Waals surface area (Å²) in [5.41, 5.74) is 0. The molecule has 2 fully saturated rings. The SMILES string of the molecule is CCC1CCC(N(C)C2CCC2C(=O)O)CC1. The van der Waals surface area contributed by atoms with E-state index in [4.69, 9.17) is 5.11 Å². The Morgan fingerprint density at radius 2 is 1.82 bits per heavy atom. The van der Waals surface area contributed by atoms with Crippen LogP contribution in [0.4, 0.5) is 0 Å². The van der Waals surface area contributed by atoms with Gasteiger partial charge in [-0.3, -0.25) is 9.69 Å². The predicted molar refractivity (Wildman–Crippen MR) is 67.9 cm³/mol. The topological polar surface area (TPSA) is 40.5 Å². The first-order valence-electron chi connectivity index (χ1n) is 7.08. The van der Waals surface area contributed by atoms with Crippen molar-refractivity contribution in [1.29, 1.82) is 0 Å². The number of carboxylic acid groups (broad SMARTS) is 1. The van der Waals surface area contributed by atoms with Gasteiger partial charge in [-0.15, -0.1) is 0 Å². The standard InChI is InChI=1S/C14H25NO2/c1-3-10-4-6-11(7-5-10)15(2)13-9-8-12(13)14(16)17/h10-13H,3-9H2,1-2H3,(H,16,17). The monoisotopic (exact) mass is 239 g/mol. The zero-order valence-electron chi connectivity index (χ0n) is 11.1. The summed E-state index contributed by atoms with van der Waals surface area (Å²) >= 11 is 0. The summed E-state index contributed by atoms with van der Waals surface area (Å²) in [4.78, 5) is 13.4. The molecule has 0 bridgehead atoms. The molecule has 0 radical (unpaired) electrons. The molecular formula is C14H25NO2. The van der Waals surface area contributed by atoms with Crippen LogP contribution < -0.4 is 0 Å². The average molecular weight is 239 g/mol. The molecule has 0 aromatic rings. The highest BCUT2D eigenvalue weighted by molar-refractivity contribution is 5.72. The maximum atomic E-state index is 11.1. The van der Waals surface area contributed by atoms with Crippen LogP contribution in [0.25, 0.3) is 0 Å². The van der Waals surface area contributed by atoms with E-state index in [0.717, 1.165) is 18.8 Å². The lowest BCUT2D eigenvalue weighted by atomic mass is 9.76. The van der Waals surface area contributed by atoms with Crippen LogP contribution in [-0.2, 0) is 4.79 Å². The smallest absolute Gasteiger partial charge is 0.308 e. The largest absolute Gasteiger partial charge is 0.481 e. The van der Waals surface area contributed by atoms with Crippen LogP contribution >= 0.6 is 0 Å². The summed E-state index contributed by atoms with van der Waals surface area (Å²) < 4.78 is 0. The zero-order valence-corrected chi connectivity index (χ0v) is 11.1. The van der Waals surface area contributed by atoms with Crippen molar-refractivity contribution in [1.82, 2.24) is 4.90 Å². The van der Waals surface area contributed by atoms with Crippen LogP contribution in [0.15, 0.2) is 0 Å². The van der Waals surface area contributed by atoms with Crippen molar-refractivity contribution in [3.8, 4) is 0 Å². The zero-order chi connectivity index (χ0) is 12.4. The number of rotatable bonds is 4. The van der Waals surface area contributed by atoms with Crippen molar-refractivity contribution in [3.05, 3.63) is 0 Å². The molecule has 2 aliphatic rings. The minimum absolute atomic E-state index is 0.108. The third kappa shape index (κ3) is 2.65. The van der Waals surface area contributed by atoms with Gasteiger partial charge in [-0.2, -0.15) is 0 Å². The Balaban J connectivity index is 1.84. The second-order valence-corrected chi connectivity index (χ2v) is 5.84. The van der Waals surface area contributed by atoms with Crippen LogP contribution in [0.3, 0.4) is 0 Å². The van der Waals surface area contributed by atoms with Gasteiger partial charge in [0.05, 0.1) is 5.92 Å². The summed E-state index contributed by atoms with van der Waals surface area (Å²) in [6.07, 6.45) is 8.43. The Labute approximate surface area is 104 Å². The fourth-order valence-electron chi connectivity index (χ4n) is 3.49. The predicted octanol–water partition coefficient (Wildman–Crippen LogP) is 2.75. The van der Waals surface area contributed by atoms with Crippen molar-refractivity contribution >= 4 is 5.97 Å². The molecule has 0 saturated heterocycles. The van der Waals surface area contributed by atoms with Gasteiger partial charge in [0.1, 0.15) is 0 Å². The van der Waals surface area contributed by atoms with Crippen LogP contribution in [0, 0.1) is 11.8 Å². The van der Waals surface area contributed by atoms with Crippen molar-refractivity contribution in [3.63, 3.8) is 0 Å². The van der Waals surface area contributed by atoms with Gasteiger partial charge in [0.25, 0.3) is 0 Å². The third-order valence-electron chi connectivity index (χ3n) is 5.05. The molecular weight excluding hydrogens is 214 g/mol. The van der Waals surface area contributed by atoms with Crippen molar-refractivity contribution in [2.45, 2.75) is 64.0 Å². The van der Waals surface area contributed by atoms with E-state index < -0.39 is 5.97 Å². The van der Waals surface area contributed by atoms with E-state index in [9.17, 15) is 4.79 Å². The van der Waals surface area contributed by atoms with E-state index in [2.05, 4.69) is 18.9 Å². The highest BCUT2D eigenvalue weighted by Gasteiger charge is 2.41. The highest BCUT2D eigenvalue weighted by Crippen LogP contribution is 2.36. The molecule has 3 heteroatoms. The number of nitrogens with zero attached hydrogens (tertiary/aromatic N) is 1. The Kier molecular flexibility index (Phi) is 4.08. The second-order valence-electron chi connectivity index (χ2n) is 5.84. The number of hydrogen-bond donors (Lipinski definition) is 1. The fourth-order valence-corrected chi connectivity index (χ4v) is 3.49. The van der Waals surface area contributed by atoms with E-state index in [-0.39, 0.29) is 5.92 Å². The molecule has 0 aromatic heterocycles. The Bertz CT molecular complexity index is 271. The molecule has 2 saturated carbocycles. The van der Waals surface area contributed by atoms with E-state index in [1.165, 1.54) is 32.1 Å². The minimum Gasteiger partial charge on any atom is -0.481 e. The lowest BCUT2D eigenvalue weighted by Gasteiger charge is -2.46. The molecule has 3 nitrogen and oxygen atoms in total. The van der Waals surface area contributed by atoms with Gasteiger partial charge in [-0.25, -0.2) is 0 Å². The van der Waals surface area contributed by atoms with Gasteiger partial charge in [0, 0.05) is 12.1 Å². The molecule has 0 aliphatic heterocycles. The van der Waals surface area contributed by atoms with E-state index in [0.29, 0.717) is 12.1 Å². The van der Waals surface area contributed by atoms with Gasteiger partial charge in [0.2, 0.25) is 0 Å². The molecule has 0 amide bonds. The number of aliphatic carboxylic acids is 1. The van der Waals surface area contributed by atoms with Crippen LogP contribution in [-0.4, -0.2) is 35.1 Å². The van der Waals surface area contributed by atoms with Crippen molar-refractivity contribution < 1.29 is 9.90 Å². The number of hydrogen-bond acceptors (Lipinski definition) is 2. The normalized spacial score (nSPS) is 37.8. The summed E-state index contributed by atoms with van der Waals surface area (Å²) in [6.45, 7) is 2.28. The molecule has 2 atom stereocenters. The second kappa shape index (κ2) is 5.38. The number of carbonyl (C=O) groups is 1. The molecule has 17 heavy (non-hydrogen) atoms. The van der Waals surface area contributed by atoms with Gasteiger partial charge in [-0.05, 0) is 51.5 Å². The van der Waals surface area contributed by atoms with Gasteiger partial charge >= 0.3 is 5.97 Å². The summed E-state index contributed by atoms with van der Waals surface area (Å²) in [5, 5.41) is 9.10. The molecule has 1 N–H and O–H groups in total. The van der Waals surface area contributed by atoms with Crippen molar-refractivity contribution in [2.75, 3.05) is 7.05 Å². The first-order valence-corrected chi connectivity index (χ1v) is 7.08. The number of carboxylic acids is 1. The first kappa shape index (κ1) is 12.9. The van der Waals surface area contributed by atoms with Gasteiger partial charge in [-0.1, -0.05) is 13.3 Å². The summed E-state index contributed by atoms with van der Waals surface area (Å²) in [6, 6.07) is 0.931. The van der Waals surface area contributed by atoms with Crippen LogP contribution in [0.2, 0.25) is 0 Å². The average Bonchev–Trinajstić information content (AvgIpc) is 2.27. The Morgan fingerprint density at radius 3 is 2.24 bits per heavy atom. The summed E-state index contributed by atoms with van der Waals surface area (Å²) in [5.74, 6) is 0.204. The molecule has 2 unspecified atom stereocenters. The van der Waals surface area contributed by atoms with Crippen LogP contribution in [0.5, 0.6) is 0 Å². The lowest BCUT2D eigenvalue weighted by Crippen LogP contribution is -2.52. The maximum absolute atomic E-state index is 11.1. The lowest BCUT2D eigenvalue weighted by molar-refractivity contribution is -0.149. The molecule has 2 aliphatic carbocycles. The quantitative estimate of drug-likeness (QED) is 0.820. The van der Waals surface area contributed by atoms with Crippen LogP contribution in [0.1, 0.15) is 51.9 Å². The molecule has 0 aromatic carbocycles. The van der Waals surface area contributed by atoms with E-state index in [1.807, 2.05) is 0 Å². The molecule has 0 spiro atoms. The highest BCUT2D eigenvalue weighted by atomic mass is 16.4. The fraction of sp³-hybridized carbons (Fsp3) is 0.929. The summed E-state index contributed by atoms with van der Waals surface area (Å²) in [7, 11) is 2.14. The van der Waals surface area contributed by atoms with Crippen molar-refractivity contribution in [2.24, 2.45) is 11.8 Å². The molecule has 98 valence electrons. The Morgan fingerprint density at radius 1 is 1.18 bits per heavy atom. The van der Waals surface area contributed by atoms with Gasteiger partial charge in [0.15, 0.2) is 0 Å². The van der Waals surface area contributed by atoms with Gasteiger partial charge < -0.3 is 5.11 Å². The molecule has 2 rings (SSSR count). The minimum atomic E-state index is -0.602. The van der Waals surface area contributed by atoms with E-state index >= 15 is 0 Å². The maximum Gasteiger partial charge on any atom is 0.308 e. The Hall–Kier alpha value is -0.570. The first-order chi connectivity index (χ1) is 8.13. The molecule has 0 heterocycles. The van der Waals surface area contributed by atoms with E-state index in [1.54, 1.807) is 0 Å². The third-order valence-corrected chi connectivity index (χ3v) is 5.05.